The minimum Gasteiger partial charge on any atom is -0.460 e. The maximum absolute atomic E-state index is 13.0. The van der Waals surface area contributed by atoms with E-state index in [1.165, 1.54) is 0 Å². The van der Waals surface area contributed by atoms with Crippen molar-refractivity contribution in [2.24, 2.45) is 11.5 Å². The lowest BCUT2D eigenvalue weighted by molar-refractivity contribution is -0.159. The molecule has 0 fully saturated rings. The summed E-state index contributed by atoms with van der Waals surface area (Å²) in [5.74, 6) is -2.26. The first-order chi connectivity index (χ1) is 21.0. The third-order valence-corrected chi connectivity index (χ3v) is 5.85. The smallest absolute Gasteiger partial charge is 0.329 e. The third kappa shape index (κ3) is 22.8. The Morgan fingerprint density at radius 1 is 0.609 bits per heavy atom. The number of esters is 3. The molecule has 0 heterocycles. The van der Waals surface area contributed by atoms with Gasteiger partial charge in [0.05, 0.1) is 6.04 Å². The normalized spacial score (nSPS) is 13.8. The first-order valence-electron chi connectivity index (χ1n) is 15.8. The average molecular weight is 659 g/mol. The van der Waals surface area contributed by atoms with E-state index in [0.717, 1.165) is 0 Å². The number of ether oxygens (including phenoxy) is 3. The number of amides is 5. The van der Waals surface area contributed by atoms with Crippen LogP contribution in [0.4, 0.5) is 9.59 Å². The Morgan fingerprint density at radius 2 is 1.04 bits per heavy atom. The van der Waals surface area contributed by atoms with E-state index in [-0.39, 0.29) is 25.2 Å². The maximum atomic E-state index is 13.0. The van der Waals surface area contributed by atoms with Crippen molar-refractivity contribution in [1.82, 2.24) is 21.3 Å². The van der Waals surface area contributed by atoms with E-state index in [1.807, 2.05) is 0 Å². The molecule has 0 saturated carbocycles. The molecule has 0 rings (SSSR count). The summed E-state index contributed by atoms with van der Waals surface area (Å²) in [7, 11) is 0. The first kappa shape index (κ1) is 42.4. The molecule has 0 aliphatic heterocycles. The number of hydrogen-bond acceptors (Lipinski definition) is 10. The van der Waals surface area contributed by atoms with Gasteiger partial charge in [0.25, 0.3) is 0 Å². The summed E-state index contributed by atoms with van der Waals surface area (Å²) in [4.78, 5) is 74.2. The van der Waals surface area contributed by atoms with E-state index < -0.39 is 64.9 Å². The summed E-state index contributed by atoms with van der Waals surface area (Å²) in [5, 5.41) is 10.3. The Kier molecular flexibility index (Phi) is 18.2. The van der Waals surface area contributed by atoms with Crippen LogP contribution in [-0.2, 0) is 33.4 Å². The molecule has 3 atom stereocenters. The van der Waals surface area contributed by atoms with E-state index in [1.54, 1.807) is 62.3 Å². The highest BCUT2D eigenvalue weighted by Gasteiger charge is 2.31. The number of carbonyl (C=O) groups excluding carboxylic acids is 6. The van der Waals surface area contributed by atoms with E-state index in [2.05, 4.69) is 21.3 Å². The zero-order valence-electron chi connectivity index (χ0n) is 29.1. The lowest BCUT2D eigenvalue weighted by Gasteiger charge is -2.27. The van der Waals surface area contributed by atoms with Gasteiger partial charge in [0, 0.05) is 19.5 Å². The highest BCUT2D eigenvalue weighted by molar-refractivity contribution is 5.87. The summed E-state index contributed by atoms with van der Waals surface area (Å²) in [5.41, 5.74) is 8.57. The fraction of sp³-hybridized carbons (Fsp3) is 0.806. The van der Waals surface area contributed by atoms with Crippen molar-refractivity contribution < 1.29 is 43.0 Å². The standard InChI is InChI=1S/C31H58N6O9/c1-29(2,3)44-23(38)17-16-22(26(41)46-31(7,8)9)37-28(43)36-21(25(40)45-30(4,5)6)15-11-13-18-34-24(39)20(32)14-10-12-19-35-27(33)42/h20-22H,10-19,32H2,1-9H3,(H,34,39)(H3,33,35,42)(H2,36,37,43)/t20-,21-,22-/m0/s1. The van der Waals surface area contributed by atoms with Crippen LogP contribution in [-0.4, -0.2) is 83.9 Å². The Hall–Kier alpha value is -3.62. The lowest BCUT2D eigenvalue weighted by Crippen LogP contribution is -2.53. The molecule has 0 aliphatic rings. The molecule has 5 amide bonds. The van der Waals surface area contributed by atoms with Gasteiger partial charge in [-0.1, -0.05) is 0 Å². The van der Waals surface area contributed by atoms with Crippen molar-refractivity contribution in [1.29, 1.82) is 0 Å². The molecule has 0 aromatic heterocycles. The molecule has 0 unspecified atom stereocenters. The van der Waals surface area contributed by atoms with Gasteiger partial charge in [-0.05, 0) is 107 Å². The number of primary amides is 1. The molecule has 0 aromatic carbocycles. The number of nitrogens with two attached hydrogens (primary N) is 2. The van der Waals surface area contributed by atoms with Crippen molar-refractivity contribution >= 4 is 35.9 Å². The average Bonchev–Trinajstić information content (AvgIpc) is 2.86. The number of rotatable bonds is 18. The third-order valence-electron chi connectivity index (χ3n) is 5.85. The Bertz CT molecular complexity index is 1020. The second-order valence-corrected chi connectivity index (χ2v) is 14.1. The monoisotopic (exact) mass is 658 g/mol. The summed E-state index contributed by atoms with van der Waals surface area (Å²) in [6.45, 7) is 16.0. The minimum atomic E-state index is -1.19. The Labute approximate surface area is 273 Å². The summed E-state index contributed by atoms with van der Waals surface area (Å²) >= 11 is 0. The molecule has 15 heteroatoms. The van der Waals surface area contributed by atoms with Gasteiger partial charge < -0.3 is 46.9 Å². The van der Waals surface area contributed by atoms with Crippen LogP contribution < -0.4 is 32.7 Å². The first-order valence-corrected chi connectivity index (χ1v) is 15.8. The topological polar surface area (TPSA) is 230 Å². The summed E-state index contributed by atoms with van der Waals surface area (Å²) < 4.78 is 16.2. The predicted octanol–water partition coefficient (Wildman–Crippen LogP) is 2.28. The van der Waals surface area contributed by atoms with Crippen molar-refractivity contribution in [3.8, 4) is 0 Å². The Balaban J connectivity index is 5.21. The summed E-state index contributed by atoms with van der Waals surface area (Å²) in [6.07, 6.45) is 2.58. The molecule has 0 radical (unpaired) electrons. The molecule has 15 nitrogen and oxygen atoms in total. The molecule has 0 saturated heterocycles. The molecule has 0 aliphatic carbocycles. The van der Waals surface area contributed by atoms with Crippen LogP contribution in [0.1, 0.15) is 114 Å². The number of carbonyl (C=O) groups is 6. The summed E-state index contributed by atoms with van der Waals surface area (Å²) in [6, 6.07) is -4.38. The van der Waals surface area contributed by atoms with E-state index in [4.69, 9.17) is 25.7 Å². The van der Waals surface area contributed by atoms with Gasteiger partial charge in [-0.25, -0.2) is 19.2 Å². The number of hydrogen-bond donors (Lipinski definition) is 6. The van der Waals surface area contributed by atoms with E-state index in [9.17, 15) is 28.8 Å². The van der Waals surface area contributed by atoms with Crippen LogP contribution >= 0.6 is 0 Å². The van der Waals surface area contributed by atoms with Crippen molar-refractivity contribution in [3.63, 3.8) is 0 Å². The van der Waals surface area contributed by atoms with Crippen molar-refractivity contribution in [2.75, 3.05) is 13.1 Å². The molecular weight excluding hydrogens is 600 g/mol. The molecule has 0 spiro atoms. The fourth-order valence-electron chi connectivity index (χ4n) is 3.90. The lowest BCUT2D eigenvalue weighted by atomic mass is 10.1. The number of nitrogens with one attached hydrogen (secondary N) is 4. The molecule has 266 valence electrons. The van der Waals surface area contributed by atoms with Crippen LogP contribution in [0.5, 0.6) is 0 Å². The van der Waals surface area contributed by atoms with Gasteiger partial charge in [0.1, 0.15) is 28.9 Å². The highest BCUT2D eigenvalue weighted by Crippen LogP contribution is 2.15. The SMILES string of the molecule is CC(C)(C)OC(=O)CC[C@H](NC(=O)N[C@@H](CCCCNC(=O)[C@@H](N)CCCCNC(N)=O)C(=O)OC(C)(C)C)C(=O)OC(C)(C)C. The van der Waals surface area contributed by atoms with Gasteiger partial charge in [-0.2, -0.15) is 0 Å². The maximum Gasteiger partial charge on any atom is 0.329 e. The fourth-order valence-corrected chi connectivity index (χ4v) is 3.90. The largest absolute Gasteiger partial charge is 0.460 e. The van der Waals surface area contributed by atoms with Crippen LogP contribution in [0.2, 0.25) is 0 Å². The molecule has 0 bridgehead atoms. The second kappa shape index (κ2) is 19.8. The highest BCUT2D eigenvalue weighted by atomic mass is 16.6. The molecule has 8 N–H and O–H groups in total. The molecule has 0 aromatic rings. The van der Waals surface area contributed by atoms with Gasteiger partial charge in [0.15, 0.2) is 0 Å². The van der Waals surface area contributed by atoms with Crippen LogP contribution in [0.3, 0.4) is 0 Å². The van der Waals surface area contributed by atoms with Crippen molar-refractivity contribution in [2.45, 2.75) is 149 Å². The van der Waals surface area contributed by atoms with Gasteiger partial charge >= 0.3 is 30.0 Å². The number of urea groups is 2. The van der Waals surface area contributed by atoms with Gasteiger partial charge in [0.2, 0.25) is 5.91 Å². The van der Waals surface area contributed by atoms with Gasteiger partial charge in [-0.15, -0.1) is 0 Å². The van der Waals surface area contributed by atoms with E-state index in [0.29, 0.717) is 45.2 Å². The van der Waals surface area contributed by atoms with Gasteiger partial charge in [-0.3, -0.25) is 9.59 Å². The van der Waals surface area contributed by atoms with Crippen LogP contribution in [0.15, 0.2) is 0 Å². The van der Waals surface area contributed by atoms with Crippen molar-refractivity contribution in [3.05, 3.63) is 0 Å². The van der Waals surface area contributed by atoms with E-state index >= 15 is 0 Å². The second-order valence-electron chi connectivity index (χ2n) is 14.1. The Morgan fingerprint density at radius 3 is 1.50 bits per heavy atom. The molecular formula is C31H58N6O9. The zero-order chi connectivity index (χ0) is 35.7. The quantitative estimate of drug-likeness (QED) is 0.0715. The molecule has 46 heavy (non-hydrogen) atoms. The van der Waals surface area contributed by atoms with Crippen LogP contribution in [0.25, 0.3) is 0 Å². The zero-order valence-corrected chi connectivity index (χ0v) is 29.1. The van der Waals surface area contributed by atoms with Crippen LogP contribution in [0, 0.1) is 0 Å². The number of unbranched alkanes of at least 4 members (excludes halogenated alkanes) is 2. The predicted molar refractivity (Wildman–Crippen MR) is 172 cm³/mol. The minimum absolute atomic E-state index is 0.0829.